The smallest absolute Gasteiger partial charge is 0.321 e. The number of anilines is 2. The third kappa shape index (κ3) is 6.45. The average molecular weight is 636 g/mol. The van der Waals surface area contributed by atoms with Crippen molar-refractivity contribution in [1.82, 2.24) is 15.0 Å². The molecule has 0 bridgehead atoms. The number of likely N-dealkylation sites (N-methyl/N-ethyl adjacent to an activating group) is 1. The van der Waals surface area contributed by atoms with E-state index in [1.54, 1.807) is 31.0 Å². The number of hydrogen-bond acceptors (Lipinski definition) is 8. The van der Waals surface area contributed by atoms with Gasteiger partial charge in [-0.1, -0.05) is 54.5 Å². The fourth-order valence-corrected chi connectivity index (χ4v) is 6.89. The largest absolute Gasteiger partial charge is 0.485 e. The zero-order valence-electron chi connectivity index (χ0n) is 25.8. The maximum Gasteiger partial charge on any atom is 0.321 e. The van der Waals surface area contributed by atoms with Crippen LogP contribution >= 0.6 is 0 Å². The van der Waals surface area contributed by atoms with Crippen molar-refractivity contribution >= 4 is 44.1 Å². The number of nitrogens with zero attached hydrogens (tertiary/aromatic N) is 3. The Morgan fingerprint density at radius 2 is 1.80 bits per heavy atom. The van der Waals surface area contributed by atoms with Crippen LogP contribution in [0, 0.1) is 19.8 Å². The SMILES string of the molecule is Cc1noc(C)c1S(=O)(=O)Nc1cccc2c1O[C@H](CN(C)C(=O)Nc1cccc3ccccc13)[C@H](C)CN([C@@H](C)CO)C2=O. The highest BCUT2D eigenvalue weighted by Gasteiger charge is 2.36. The molecular formula is C32H37N5O7S. The van der Waals surface area contributed by atoms with Crippen molar-refractivity contribution < 1.29 is 32.4 Å². The number of aliphatic hydroxyl groups is 1. The number of rotatable bonds is 8. The number of aromatic nitrogens is 1. The minimum Gasteiger partial charge on any atom is -0.485 e. The van der Waals surface area contributed by atoms with E-state index in [-0.39, 0.29) is 65.0 Å². The molecule has 0 radical (unpaired) electrons. The fourth-order valence-electron chi connectivity index (χ4n) is 5.49. The Bertz CT molecular complexity index is 1820. The van der Waals surface area contributed by atoms with Crippen molar-refractivity contribution in [2.24, 2.45) is 5.92 Å². The van der Waals surface area contributed by atoms with Crippen LogP contribution in [0.2, 0.25) is 0 Å². The summed E-state index contributed by atoms with van der Waals surface area (Å²) >= 11 is 0. The lowest BCUT2D eigenvalue weighted by molar-refractivity contribution is 0.0373. The molecule has 12 nitrogen and oxygen atoms in total. The monoisotopic (exact) mass is 635 g/mol. The molecule has 0 saturated carbocycles. The van der Waals surface area contributed by atoms with Gasteiger partial charge in [-0.2, -0.15) is 0 Å². The van der Waals surface area contributed by atoms with Crippen LogP contribution in [0.1, 0.15) is 35.7 Å². The summed E-state index contributed by atoms with van der Waals surface area (Å²) in [5.41, 5.74) is 1.00. The summed E-state index contributed by atoms with van der Waals surface area (Å²) in [6, 6.07) is 17.1. The Morgan fingerprint density at radius 1 is 1.11 bits per heavy atom. The molecule has 1 aromatic heterocycles. The Morgan fingerprint density at radius 3 is 2.51 bits per heavy atom. The van der Waals surface area contributed by atoms with Crippen molar-refractivity contribution in [3.8, 4) is 5.75 Å². The van der Waals surface area contributed by atoms with Gasteiger partial charge in [0.25, 0.3) is 15.9 Å². The number of amides is 3. The van der Waals surface area contributed by atoms with E-state index in [1.807, 2.05) is 49.4 Å². The summed E-state index contributed by atoms with van der Waals surface area (Å²) < 4.78 is 41.0. The van der Waals surface area contributed by atoms with E-state index in [4.69, 9.17) is 9.26 Å². The summed E-state index contributed by atoms with van der Waals surface area (Å²) in [4.78, 5) is 30.1. The van der Waals surface area contributed by atoms with Gasteiger partial charge in [-0.15, -0.1) is 0 Å². The maximum absolute atomic E-state index is 13.8. The summed E-state index contributed by atoms with van der Waals surface area (Å²) in [5.74, 6) is -0.607. The molecule has 0 fully saturated rings. The van der Waals surface area contributed by atoms with Crippen molar-refractivity contribution in [1.29, 1.82) is 0 Å². The fraction of sp³-hybridized carbons (Fsp3) is 0.344. The van der Waals surface area contributed by atoms with Crippen molar-refractivity contribution in [2.75, 3.05) is 36.8 Å². The van der Waals surface area contributed by atoms with Gasteiger partial charge in [-0.3, -0.25) is 9.52 Å². The Kier molecular flexibility index (Phi) is 9.03. The molecule has 3 amide bonds. The number of aryl methyl sites for hydroxylation is 2. The predicted octanol–water partition coefficient (Wildman–Crippen LogP) is 4.63. The molecule has 1 aliphatic heterocycles. The van der Waals surface area contributed by atoms with Gasteiger partial charge in [0.15, 0.2) is 16.4 Å². The van der Waals surface area contributed by atoms with Crippen LogP contribution < -0.4 is 14.8 Å². The number of hydrogen-bond donors (Lipinski definition) is 3. The van der Waals surface area contributed by atoms with Crippen LogP contribution in [0.25, 0.3) is 10.8 Å². The first-order valence-electron chi connectivity index (χ1n) is 14.6. The minimum absolute atomic E-state index is 0.0207. The first-order chi connectivity index (χ1) is 21.4. The minimum atomic E-state index is -4.18. The number of benzene rings is 3. The topological polar surface area (TPSA) is 154 Å². The molecular weight excluding hydrogens is 598 g/mol. The van der Waals surface area contributed by atoms with Crippen molar-refractivity contribution in [3.05, 3.63) is 77.7 Å². The highest BCUT2D eigenvalue weighted by atomic mass is 32.2. The van der Waals surface area contributed by atoms with Gasteiger partial charge in [-0.05, 0) is 44.4 Å². The third-order valence-electron chi connectivity index (χ3n) is 8.00. The molecule has 238 valence electrons. The lowest BCUT2D eigenvalue weighted by Gasteiger charge is -2.38. The van der Waals surface area contributed by atoms with E-state index in [0.717, 1.165) is 10.8 Å². The zero-order chi connectivity index (χ0) is 32.5. The maximum atomic E-state index is 13.8. The van der Waals surface area contributed by atoms with Crippen LogP contribution in [-0.2, 0) is 10.0 Å². The van der Waals surface area contributed by atoms with Gasteiger partial charge in [-0.25, -0.2) is 13.2 Å². The molecule has 0 aliphatic carbocycles. The summed E-state index contributed by atoms with van der Waals surface area (Å²) in [5, 5.41) is 18.6. The van der Waals surface area contributed by atoms with Crippen molar-refractivity contribution in [2.45, 2.75) is 44.7 Å². The van der Waals surface area contributed by atoms with Gasteiger partial charge in [0, 0.05) is 24.9 Å². The lowest BCUT2D eigenvalue weighted by Crippen LogP contribution is -2.50. The number of sulfonamides is 1. The van der Waals surface area contributed by atoms with E-state index >= 15 is 0 Å². The molecule has 45 heavy (non-hydrogen) atoms. The predicted molar refractivity (Wildman–Crippen MR) is 170 cm³/mol. The highest BCUT2D eigenvalue weighted by Crippen LogP contribution is 2.37. The van der Waals surface area contributed by atoms with Gasteiger partial charge in [0.05, 0.1) is 36.1 Å². The first-order valence-corrected chi connectivity index (χ1v) is 16.1. The molecule has 0 spiro atoms. The van der Waals surface area contributed by atoms with Gasteiger partial charge < -0.3 is 29.5 Å². The highest BCUT2D eigenvalue weighted by molar-refractivity contribution is 7.92. The second kappa shape index (κ2) is 12.8. The normalized spacial score (nSPS) is 17.6. The van der Waals surface area contributed by atoms with E-state index in [9.17, 15) is 23.1 Å². The molecule has 0 saturated heterocycles. The second-order valence-electron chi connectivity index (χ2n) is 11.4. The van der Waals surface area contributed by atoms with Crippen LogP contribution in [0.3, 0.4) is 0 Å². The zero-order valence-corrected chi connectivity index (χ0v) is 26.6. The van der Waals surface area contributed by atoms with E-state index in [2.05, 4.69) is 15.2 Å². The van der Waals surface area contributed by atoms with Crippen LogP contribution in [0.15, 0.2) is 70.1 Å². The summed E-state index contributed by atoms with van der Waals surface area (Å²) in [6.07, 6.45) is -0.668. The number of ether oxygens (including phenoxy) is 1. The Balaban J connectivity index is 1.48. The molecule has 1 aliphatic rings. The van der Waals surface area contributed by atoms with Crippen molar-refractivity contribution in [3.63, 3.8) is 0 Å². The average Bonchev–Trinajstić information content (AvgIpc) is 3.37. The van der Waals surface area contributed by atoms with Crippen LogP contribution in [0.5, 0.6) is 5.75 Å². The summed E-state index contributed by atoms with van der Waals surface area (Å²) in [6.45, 7) is 6.70. The van der Waals surface area contributed by atoms with Gasteiger partial charge in [0.2, 0.25) is 0 Å². The van der Waals surface area contributed by atoms with Gasteiger partial charge >= 0.3 is 6.03 Å². The van der Waals surface area contributed by atoms with Crippen LogP contribution in [0.4, 0.5) is 16.2 Å². The molecule has 13 heteroatoms. The van der Waals surface area contributed by atoms with Crippen LogP contribution in [-0.4, -0.2) is 79.3 Å². The molecule has 4 aromatic rings. The summed E-state index contributed by atoms with van der Waals surface area (Å²) in [7, 11) is -2.54. The quantitative estimate of drug-likeness (QED) is 0.253. The number of carbonyl (C=O) groups is 2. The van der Waals surface area contributed by atoms with E-state index in [1.165, 1.54) is 24.8 Å². The molecule has 2 heterocycles. The van der Waals surface area contributed by atoms with E-state index < -0.39 is 28.1 Å². The molecule has 0 unspecified atom stereocenters. The Hall–Kier alpha value is -4.62. The number of urea groups is 1. The molecule has 3 aromatic carbocycles. The molecule has 3 N–H and O–H groups in total. The Labute approximate surface area is 262 Å². The number of fused-ring (bicyclic) bond motifs is 2. The molecule has 3 atom stereocenters. The number of nitrogens with one attached hydrogen (secondary N) is 2. The number of para-hydroxylation sites is 1. The van der Waals surface area contributed by atoms with E-state index in [0.29, 0.717) is 5.69 Å². The number of aliphatic hydroxyl groups excluding tert-OH is 1. The third-order valence-corrected chi connectivity index (χ3v) is 9.61. The standard InChI is InChI=1S/C32H37N5O7S/c1-19-16-37(20(2)18-38)31(39)25-13-9-15-27(35-45(41,42)30-21(3)34-44-22(30)4)29(25)43-28(19)17-36(5)32(40)33-26-14-8-11-23-10-6-7-12-24(23)26/h6-15,19-20,28,35,38H,16-18H2,1-5H3,(H,33,40)/t19-,20+,28-/m1/s1. The second-order valence-corrected chi connectivity index (χ2v) is 13.0. The molecule has 5 rings (SSSR count). The number of carbonyl (C=O) groups excluding carboxylic acids is 2. The lowest BCUT2D eigenvalue weighted by atomic mass is 9.99. The van der Waals surface area contributed by atoms with Gasteiger partial charge in [0.1, 0.15) is 11.8 Å². The first kappa shape index (κ1) is 31.8.